The minimum Gasteiger partial charge on any atom is -0.461 e. The van der Waals surface area contributed by atoms with E-state index >= 15 is 0 Å². The van der Waals surface area contributed by atoms with E-state index in [9.17, 15) is 9.18 Å². The molecule has 1 aliphatic heterocycles. The van der Waals surface area contributed by atoms with Crippen molar-refractivity contribution in [2.45, 2.75) is 37.8 Å². The van der Waals surface area contributed by atoms with E-state index in [-0.39, 0.29) is 29.6 Å². The molecular formula is C20H22FNO3. The molecule has 1 saturated carbocycles. The normalized spacial score (nSPS) is 25.4. The van der Waals surface area contributed by atoms with Crippen LogP contribution in [0.3, 0.4) is 0 Å². The highest BCUT2D eigenvalue weighted by Gasteiger charge is 2.48. The van der Waals surface area contributed by atoms with Gasteiger partial charge in [-0.2, -0.15) is 0 Å². The van der Waals surface area contributed by atoms with Crippen molar-refractivity contribution in [1.82, 2.24) is 4.90 Å². The number of furan rings is 1. The lowest BCUT2D eigenvalue weighted by Crippen LogP contribution is -2.32. The summed E-state index contributed by atoms with van der Waals surface area (Å²) in [6.45, 7) is 1.21. The van der Waals surface area contributed by atoms with Gasteiger partial charge in [-0.25, -0.2) is 4.39 Å². The zero-order valence-corrected chi connectivity index (χ0v) is 14.3. The van der Waals surface area contributed by atoms with Crippen LogP contribution in [0.2, 0.25) is 0 Å². The number of methoxy groups -OCH3 is 1. The first-order chi connectivity index (χ1) is 12.2. The van der Waals surface area contributed by atoms with Gasteiger partial charge >= 0.3 is 0 Å². The van der Waals surface area contributed by atoms with Crippen molar-refractivity contribution in [3.8, 4) is 0 Å². The fourth-order valence-electron chi connectivity index (χ4n) is 3.88. The molecule has 2 fully saturated rings. The van der Waals surface area contributed by atoms with Gasteiger partial charge in [0.05, 0.1) is 6.04 Å². The SMILES string of the molecule is COCc1ccc([C@H]2CCCN2C(=O)[C@@H]2C[C@H]2c2ccc(F)cc2)o1. The van der Waals surface area contributed by atoms with E-state index in [1.165, 1.54) is 12.1 Å². The van der Waals surface area contributed by atoms with Crippen molar-refractivity contribution < 1.29 is 18.3 Å². The van der Waals surface area contributed by atoms with E-state index in [0.29, 0.717) is 6.61 Å². The highest BCUT2D eigenvalue weighted by atomic mass is 19.1. The summed E-state index contributed by atoms with van der Waals surface area (Å²) in [6, 6.07) is 10.4. The van der Waals surface area contributed by atoms with Crippen LogP contribution in [0.1, 0.15) is 48.3 Å². The largest absolute Gasteiger partial charge is 0.461 e. The summed E-state index contributed by atoms with van der Waals surface area (Å²) < 4.78 is 24.0. The van der Waals surface area contributed by atoms with Crippen LogP contribution < -0.4 is 0 Å². The molecule has 0 bridgehead atoms. The molecule has 25 heavy (non-hydrogen) atoms. The number of ether oxygens (including phenoxy) is 1. The van der Waals surface area contributed by atoms with E-state index < -0.39 is 0 Å². The molecule has 2 aliphatic rings. The molecule has 1 saturated heterocycles. The molecule has 0 unspecified atom stereocenters. The molecule has 0 spiro atoms. The number of hydrogen-bond donors (Lipinski definition) is 0. The summed E-state index contributed by atoms with van der Waals surface area (Å²) in [5.74, 6) is 1.82. The molecule has 3 atom stereocenters. The standard InChI is InChI=1S/C20H22FNO3/c1-24-12-15-8-9-19(25-15)18-3-2-10-22(18)20(23)17-11-16(17)13-4-6-14(21)7-5-13/h4-9,16-18H,2-3,10-12H2,1H3/t16-,17+,18+/m0/s1. The monoisotopic (exact) mass is 343 g/mol. The van der Waals surface area contributed by atoms with Crippen molar-refractivity contribution in [2.75, 3.05) is 13.7 Å². The predicted octanol–water partition coefficient (Wildman–Crippen LogP) is 4.03. The Balaban J connectivity index is 1.45. The average molecular weight is 343 g/mol. The molecule has 1 aliphatic carbocycles. The zero-order valence-electron chi connectivity index (χ0n) is 14.3. The van der Waals surface area contributed by atoms with Gasteiger partial charge in [0.1, 0.15) is 23.9 Å². The van der Waals surface area contributed by atoms with E-state index in [0.717, 1.165) is 42.9 Å². The molecule has 5 heteroatoms. The lowest BCUT2D eigenvalue weighted by molar-refractivity contribution is -0.134. The van der Waals surface area contributed by atoms with Crippen LogP contribution in [0.15, 0.2) is 40.8 Å². The number of likely N-dealkylation sites (tertiary alicyclic amines) is 1. The molecule has 1 aromatic heterocycles. The molecule has 0 radical (unpaired) electrons. The summed E-state index contributed by atoms with van der Waals surface area (Å²) in [5.41, 5.74) is 1.05. The zero-order chi connectivity index (χ0) is 17.4. The Hall–Kier alpha value is -2.14. The molecule has 4 nitrogen and oxygen atoms in total. The van der Waals surface area contributed by atoms with Gasteiger partial charge in [0.2, 0.25) is 5.91 Å². The van der Waals surface area contributed by atoms with Gasteiger partial charge in [-0.05, 0) is 55.0 Å². The van der Waals surface area contributed by atoms with Gasteiger partial charge < -0.3 is 14.1 Å². The fraction of sp³-hybridized carbons (Fsp3) is 0.450. The number of carbonyl (C=O) groups is 1. The minimum atomic E-state index is -0.239. The summed E-state index contributed by atoms with van der Waals surface area (Å²) in [7, 11) is 1.64. The molecule has 1 amide bonds. The maximum atomic E-state index is 13.1. The molecule has 0 N–H and O–H groups in total. The van der Waals surface area contributed by atoms with Crippen LogP contribution in [-0.4, -0.2) is 24.5 Å². The second-order valence-electron chi connectivity index (χ2n) is 6.93. The minimum absolute atomic E-state index is 0.0134. The highest BCUT2D eigenvalue weighted by Crippen LogP contribution is 2.50. The van der Waals surface area contributed by atoms with E-state index in [1.54, 1.807) is 19.2 Å². The lowest BCUT2D eigenvalue weighted by Gasteiger charge is -2.23. The number of halogens is 1. The van der Waals surface area contributed by atoms with Crippen LogP contribution in [-0.2, 0) is 16.1 Å². The topological polar surface area (TPSA) is 42.7 Å². The molecular weight excluding hydrogens is 321 g/mol. The quantitative estimate of drug-likeness (QED) is 0.823. The number of carbonyl (C=O) groups excluding carboxylic acids is 1. The molecule has 132 valence electrons. The summed E-state index contributed by atoms with van der Waals surface area (Å²) >= 11 is 0. The third-order valence-electron chi connectivity index (χ3n) is 5.24. The number of benzene rings is 1. The number of amides is 1. The Labute approximate surface area is 146 Å². The van der Waals surface area contributed by atoms with Crippen LogP contribution >= 0.6 is 0 Å². The Morgan fingerprint density at radius 1 is 1.28 bits per heavy atom. The van der Waals surface area contributed by atoms with Gasteiger partial charge in [-0.1, -0.05) is 12.1 Å². The van der Waals surface area contributed by atoms with Crippen molar-refractivity contribution in [3.63, 3.8) is 0 Å². The Kier molecular flexibility index (Phi) is 4.34. The van der Waals surface area contributed by atoms with Crippen LogP contribution in [0, 0.1) is 11.7 Å². The highest BCUT2D eigenvalue weighted by molar-refractivity contribution is 5.83. The van der Waals surface area contributed by atoms with Crippen molar-refractivity contribution in [1.29, 1.82) is 0 Å². The maximum Gasteiger partial charge on any atom is 0.226 e. The van der Waals surface area contributed by atoms with Gasteiger partial charge in [0.15, 0.2) is 0 Å². The Morgan fingerprint density at radius 3 is 2.84 bits per heavy atom. The lowest BCUT2D eigenvalue weighted by atomic mass is 10.1. The number of nitrogens with zero attached hydrogens (tertiary/aromatic N) is 1. The first-order valence-corrected chi connectivity index (χ1v) is 8.81. The molecule has 1 aromatic carbocycles. The van der Waals surface area contributed by atoms with E-state index in [1.807, 2.05) is 17.0 Å². The summed E-state index contributed by atoms with van der Waals surface area (Å²) in [6.07, 6.45) is 2.77. The Morgan fingerprint density at radius 2 is 2.08 bits per heavy atom. The Bertz CT molecular complexity index is 755. The van der Waals surface area contributed by atoms with Gasteiger partial charge in [-0.3, -0.25) is 4.79 Å². The number of rotatable bonds is 5. The van der Waals surface area contributed by atoms with Crippen LogP contribution in [0.4, 0.5) is 4.39 Å². The third-order valence-corrected chi connectivity index (χ3v) is 5.24. The maximum absolute atomic E-state index is 13.1. The smallest absolute Gasteiger partial charge is 0.226 e. The number of hydrogen-bond acceptors (Lipinski definition) is 3. The van der Waals surface area contributed by atoms with Crippen molar-refractivity contribution in [3.05, 3.63) is 59.3 Å². The van der Waals surface area contributed by atoms with Gasteiger partial charge in [0.25, 0.3) is 0 Å². The fourth-order valence-corrected chi connectivity index (χ4v) is 3.88. The van der Waals surface area contributed by atoms with E-state index in [4.69, 9.17) is 9.15 Å². The van der Waals surface area contributed by atoms with Gasteiger partial charge in [-0.15, -0.1) is 0 Å². The first kappa shape index (κ1) is 16.3. The third kappa shape index (κ3) is 3.21. The second-order valence-corrected chi connectivity index (χ2v) is 6.93. The van der Waals surface area contributed by atoms with Crippen molar-refractivity contribution in [2.24, 2.45) is 5.92 Å². The molecule has 2 aromatic rings. The van der Waals surface area contributed by atoms with Crippen LogP contribution in [0.5, 0.6) is 0 Å². The molecule has 4 rings (SSSR count). The second kappa shape index (κ2) is 6.64. The van der Waals surface area contributed by atoms with Crippen LogP contribution in [0.25, 0.3) is 0 Å². The first-order valence-electron chi connectivity index (χ1n) is 8.81. The van der Waals surface area contributed by atoms with Gasteiger partial charge in [0, 0.05) is 19.6 Å². The predicted molar refractivity (Wildman–Crippen MR) is 90.4 cm³/mol. The van der Waals surface area contributed by atoms with Crippen molar-refractivity contribution >= 4 is 5.91 Å². The molecule has 2 heterocycles. The average Bonchev–Trinajstić information content (AvgIpc) is 3.03. The van der Waals surface area contributed by atoms with E-state index in [2.05, 4.69) is 0 Å². The summed E-state index contributed by atoms with van der Waals surface area (Å²) in [4.78, 5) is 14.9. The summed E-state index contributed by atoms with van der Waals surface area (Å²) in [5, 5.41) is 0.